The van der Waals surface area contributed by atoms with Crippen LogP contribution in [0.2, 0.25) is 0 Å². The highest BCUT2D eigenvalue weighted by Crippen LogP contribution is 2.29. The van der Waals surface area contributed by atoms with Gasteiger partial charge in [0.15, 0.2) is 0 Å². The normalized spacial score (nSPS) is 28.7. The average molecular weight is 344 g/mol. The van der Waals surface area contributed by atoms with Crippen molar-refractivity contribution in [3.05, 3.63) is 35.9 Å². The van der Waals surface area contributed by atoms with Gasteiger partial charge in [-0.25, -0.2) is 0 Å². The summed E-state index contributed by atoms with van der Waals surface area (Å²) in [5.74, 6) is 1.29. The van der Waals surface area contributed by atoms with E-state index in [-0.39, 0.29) is 11.8 Å². The minimum Gasteiger partial charge on any atom is -0.381 e. The summed E-state index contributed by atoms with van der Waals surface area (Å²) in [5.41, 5.74) is 1.36. The largest absolute Gasteiger partial charge is 0.381 e. The van der Waals surface area contributed by atoms with Crippen LogP contribution in [0.5, 0.6) is 0 Å². The van der Waals surface area contributed by atoms with Crippen molar-refractivity contribution in [1.29, 1.82) is 0 Å². The van der Waals surface area contributed by atoms with Crippen molar-refractivity contribution in [1.82, 2.24) is 9.80 Å². The van der Waals surface area contributed by atoms with E-state index in [1.807, 2.05) is 11.9 Å². The van der Waals surface area contributed by atoms with Crippen molar-refractivity contribution in [2.24, 2.45) is 17.8 Å². The second kappa shape index (κ2) is 8.33. The lowest BCUT2D eigenvalue weighted by atomic mass is 9.83. The number of hydrogen-bond acceptors (Lipinski definition) is 3. The van der Waals surface area contributed by atoms with Gasteiger partial charge in [0.1, 0.15) is 0 Å². The van der Waals surface area contributed by atoms with Gasteiger partial charge in [0.05, 0.1) is 12.5 Å². The third-order valence-corrected chi connectivity index (χ3v) is 5.81. The Kier molecular flexibility index (Phi) is 6.13. The molecule has 0 radical (unpaired) electrons. The zero-order valence-corrected chi connectivity index (χ0v) is 15.9. The molecule has 138 valence electrons. The average Bonchev–Trinajstić information content (AvgIpc) is 2.62. The van der Waals surface area contributed by atoms with Gasteiger partial charge in [0, 0.05) is 39.3 Å². The van der Waals surface area contributed by atoms with Crippen LogP contribution in [0.3, 0.4) is 0 Å². The SMILES string of the molecule is C[C@@H]1CN(Cc2ccccc2)C[C@@H](C)C1N(C)C(=O)[C@@H]1CCCOC1. The zero-order chi connectivity index (χ0) is 17.8. The number of benzene rings is 1. The van der Waals surface area contributed by atoms with Crippen molar-refractivity contribution in [3.8, 4) is 0 Å². The van der Waals surface area contributed by atoms with Gasteiger partial charge >= 0.3 is 0 Å². The zero-order valence-electron chi connectivity index (χ0n) is 15.9. The predicted molar refractivity (Wildman–Crippen MR) is 100 cm³/mol. The fourth-order valence-corrected chi connectivity index (χ4v) is 4.77. The molecule has 3 rings (SSSR count). The first-order valence-corrected chi connectivity index (χ1v) is 9.67. The number of amides is 1. The lowest BCUT2D eigenvalue weighted by Crippen LogP contribution is -2.56. The van der Waals surface area contributed by atoms with Crippen LogP contribution in [-0.2, 0) is 16.1 Å². The minimum absolute atomic E-state index is 0.0560. The Morgan fingerprint density at radius 1 is 1.20 bits per heavy atom. The summed E-state index contributed by atoms with van der Waals surface area (Å²) in [6.45, 7) is 9.07. The summed E-state index contributed by atoms with van der Waals surface area (Å²) in [6.07, 6.45) is 1.98. The Morgan fingerprint density at radius 2 is 1.88 bits per heavy atom. The number of carbonyl (C=O) groups excluding carboxylic acids is 1. The Morgan fingerprint density at radius 3 is 2.48 bits per heavy atom. The van der Waals surface area contributed by atoms with Gasteiger partial charge in [-0.1, -0.05) is 44.2 Å². The topological polar surface area (TPSA) is 32.8 Å². The van der Waals surface area contributed by atoms with E-state index < -0.39 is 0 Å². The highest BCUT2D eigenvalue weighted by Gasteiger charge is 2.38. The van der Waals surface area contributed by atoms with Crippen LogP contribution < -0.4 is 0 Å². The molecule has 4 nitrogen and oxygen atoms in total. The molecule has 0 saturated carbocycles. The smallest absolute Gasteiger partial charge is 0.228 e. The Hall–Kier alpha value is -1.39. The summed E-state index contributed by atoms with van der Waals surface area (Å²) in [5, 5.41) is 0. The first-order valence-electron chi connectivity index (χ1n) is 9.67. The molecule has 3 atom stereocenters. The second-order valence-electron chi connectivity index (χ2n) is 7.99. The van der Waals surface area contributed by atoms with E-state index in [4.69, 9.17) is 4.74 Å². The van der Waals surface area contributed by atoms with Crippen molar-refractivity contribution in [2.75, 3.05) is 33.4 Å². The van der Waals surface area contributed by atoms with Crippen LogP contribution in [-0.4, -0.2) is 55.1 Å². The van der Waals surface area contributed by atoms with E-state index in [9.17, 15) is 4.79 Å². The maximum atomic E-state index is 12.9. The summed E-state index contributed by atoms with van der Waals surface area (Å²) in [4.78, 5) is 17.5. The lowest BCUT2D eigenvalue weighted by Gasteiger charge is -2.46. The van der Waals surface area contributed by atoms with E-state index >= 15 is 0 Å². The van der Waals surface area contributed by atoms with E-state index in [1.165, 1.54) is 5.56 Å². The number of piperidine rings is 1. The number of hydrogen-bond donors (Lipinski definition) is 0. The summed E-state index contributed by atoms with van der Waals surface area (Å²) in [7, 11) is 2.00. The molecule has 0 aliphatic carbocycles. The number of carbonyl (C=O) groups is 1. The maximum absolute atomic E-state index is 12.9. The molecule has 1 aromatic carbocycles. The van der Waals surface area contributed by atoms with Crippen LogP contribution in [0.25, 0.3) is 0 Å². The Labute approximate surface area is 152 Å². The van der Waals surface area contributed by atoms with Crippen molar-refractivity contribution >= 4 is 5.91 Å². The molecule has 0 aromatic heterocycles. The summed E-state index contributed by atoms with van der Waals surface area (Å²) < 4.78 is 5.52. The third kappa shape index (κ3) is 4.42. The van der Waals surface area contributed by atoms with Gasteiger partial charge in [-0.05, 0) is 30.2 Å². The van der Waals surface area contributed by atoms with Gasteiger partial charge in [-0.15, -0.1) is 0 Å². The molecule has 25 heavy (non-hydrogen) atoms. The van der Waals surface area contributed by atoms with Gasteiger partial charge in [0.25, 0.3) is 0 Å². The maximum Gasteiger partial charge on any atom is 0.228 e. The first-order chi connectivity index (χ1) is 12.1. The first kappa shape index (κ1) is 18.4. The van der Waals surface area contributed by atoms with Gasteiger partial charge in [-0.2, -0.15) is 0 Å². The number of rotatable bonds is 4. The van der Waals surface area contributed by atoms with Gasteiger partial charge in [-0.3, -0.25) is 9.69 Å². The van der Waals surface area contributed by atoms with Gasteiger partial charge < -0.3 is 9.64 Å². The van der Waals surface area contributed by atoms with Crippen LogP contribution in [0.15, 0.2) is 30.3 Å². The fraction of sp³-hybridized carbons (Fsp3) is 0.667. The highest BCUT2D eigenvalue weighted by molar-refractivity contribution is 5.79. The van der Waals surface area contributed by atoms with Crippen molar-refractivity contribution in [3.63, 3.8) is 0 Å². The Bertz CT molecular complexity index is 544. The molecular formula is C21H32N2O2. The molecule has 1 amide bonds. The highest BCUT2D eigenvalue weighted by atomic mass is 16.5. The summed E-state index contributed by atoms with van der Waals surface area (Å²) >= 11 is 0. The monoisotopic (exact) mass is 344 g/mol. The second-order valence-corrected chi connectivity index (χ2v) is 7.99. The van der Waals surface area contributed by atoms with E-state index in [1.54, 1.807) is 0 Å². The molecule has 2 aliphatic rings. The van der Waals surface area contributed by atoms with E-state index in [0.29, 0.717) is 24.5 Å². The van der Waals surface area contributed by atoms with Gasteiger partial charge in [0.2, 0.25) is 5.91 Å². The Balaban J connectivity index is 1.60. The molecule has 4 heteroatoms. The fourth-order valence-electron chi connectivity index (χ4n) is 4.77. The molecule has 2 saturated heterocycles. The molecule has 0 spiro atoms. The standard InChI is InChI=1S/C21H32N2O2/c1-16-12-23(14-18-8-5-4-6-9-18)13-17(2)20(16)22(3)21(24)19-10-7-11-25-15-19/h4-6,8-9,16-17,19-20H,7,10-15H2,1-3H3/t16-,17-,19-/m1/s1. The molecule has 1 aromatic rings. The third-order valence-electron chi connectivity index (χ3n) is 5.81. The minimum atomic E-state index is 0.0560. The molecule has 0 unspecified atom stereocenters. The number of ether oxygens (including phenoxy) is 1. The summed E-state index contributed by atoms with van der Waals surface area (Å²) in [6, 6.07) is 11.0. The van der Waals surface area contributed by atoms with Crippen LogP contribution >= 0.6 is 0 Å². The molecule has 0 N–H and O–H groups in total. The van der Waals surface area contributed by atoms with Crippen LogP contribution in [0.4, 0.5) is 0 Å². The van der Waals surface area contributed by atoms with Crippen molar-refractivity contribution < 1.29 is 9.53 Å². The van der Waals surface area contributed by atoms with Crippen LogP contribution in [0, 0.1) is 17.8 Å². The molecule has 2 fully saturated rings. The molecule has 0 bridgehead atoms. The number of likely N-dealkylation sites (tertiary alicyclic amines) is 1. The lowest BCUT2D eigenvalue weighted by molar-refractivity contribution is -0.144. The van der Waals surface area contributed by atoms with E-state index in [0.717, 1.165) is 39.1 Å². The number of nitrogens with zero attached hydrogens (tertiary/aromatic N) is 2. The molecular weight excluding hydrogens is 312 g/mol. The molecule has 2 heterocycles. The van der Waals surface area contributed by atoms with Crippen molar-refractivity contribution in [2.45, 2.75) is 39.3 Å². The quantitative estimate of drug-likeness (QED) is 0.842. The molecule has 2 aliphatic heterocycles. The van der Waals surface area contributed by atoms with Crippen LogP contribution in [0.1, 0.15) is 32.3 Å². The predicted octanol–water partition coefficient (Wildman–Crippen LogP) is 3.03. The van der Waals surface area contributed by atoms with E-state index in [2.05, 4.69) is 49.1 Å².